The molecule has 1 atom stereocenters. The molecule has 1 aliphatic rings. The van der Waals surface area contributed by atoms with E-state index in [9.17, 15) is 9.59 Å². The Kier molecular flexibility index (Phi) is 7.47. The van der Waals surface area contributed by atoms with Gasteiger partial charge >= 0.3 is 5.97 Å². The number of fused-ring (bicyclic) bond motifs is 2. The second-order valence-electron chi connectivity index (χ2n) is 8.87. The number of rotatable bonds is 8. The van der Waals surface area contributed by atoms with Gasteiger partial charge in [-0.15, -0.1) is 0 Å². The third-order valence-corrected chi connectivity index (χ3v) is 7.49. The Morgan fingerprint density at radius 2 is 1.90 bits per heavy atom. The molecular weight excluding hydrogens is 512 g/mol. The fraction of sp³-hybridized carbons (Fsp3) is 0.194. The number of hydrogen-bond donors (Lipinski definition) is 0. The smallest absolute Gasteiger partial charge is 0.338 e. The first-order valence-corrected chi connectivity index (χ1v) is 13.4. The van der Waals surface area contributed by atoms with Crippen LogP contribution in [-0.2, 0) is 9.53 Å². The minimum atomic E-state index is -0.703. The average molecular weight is 541 g/mol. The maximum absolute atomic E-state index is 14.0. The van der Waals surface area contributed by atoms with Crippen LogP contribution in [0.5, 0.6) is 11.5 Å². The highest BCUT2D eigenvalue weighted by Gasteiger charge is 2.33. The first-order chi connectivity index (χ1) is 19.0. The predicted octanol–water partition coefficient (Wildman–Crippen LogP) is 4.52. The molecule has 2 heterocycles. The van der Waals surface area contributed by atoms with Crippen LogP contribution in [0.4, 0.5) is 0 Å². The van der Waals surface area contributed by atoms with E-state index < -0.39 is 12.0 Å². The molecule has 8 heteroatoms. The van der Waals surface area contributed by atoms with Gasteiger partial charge in [0.25, 0.3) is 5.56 Å². The quantitative estimate of drug-likeness (QED) is 0.243. The van der Waals surface area contributed by atoms with Gasteiger partial charge in [0.2, 0.25) is 0 Å². The molecule has 5 rings (SSSR count). The Balaban J connectivity index is 1.72. The summed E-state index contributed by atoms with van der Waals surface area (Å²) in [5.74, 6) is 0.822. The van der Waals surface area contributed by atoms with E-state index in [4.69, 9.17) is 14.2 Å². The average Bonchev–Trinajstić information content (AvgIpc) is 3.25. The molecular formula is C31H28N2O5S. The number of allylic oxidation sites excluding steroid dienone is 1. The van der Waals surface area contributed by atoms with Crippen molar-refractivity contribution in [3.8, 4) is 11.5 Å². The van der Waals surface area contributed by atoms with Crippen LogP contribution in [0.2, 0.25) is 0 Å². The van der Waals surface area contributed by atoms with Crippen LogP contribution in [-0.4, -0.2) is 30.9 Å². The van der Waals surface area contributed by atoms with Crippen molar-refractivity contribution in [2.45, 2.75) is 19.9 Å². The minimum absolute atomic E-state index is 0.210. The second-order valence-corrected chi connectivity index (χ2v) is 9.88. The number of thiazole rings is 1. The lowest BCUT2D eigenvalue weighted by atomic mass is 9.96. The normalized spacial score (nSPS) is 15.1. The molecule has 0 amide bonds. The molecule has 0 radical (unpaired) electrons. The van der Waals surface area contributed by atoms with Crippen LogP contribution < -0.4 is 24.4 Å². The zero-order valence-electron chi connectivity index (χ0n) is 22.0. The first-order valence-electron chi connectivity index (χ1n) is 12.6. The third kappa shape index (κ3) is 4.91. The molecule has 0 saturated carbocycles. The van der Waals surface area contributed by atoms with Gasteiger partial charge in [-0.3, -0.25) is 9.36 Å². The molecule has 7 nitrogen and oxygen atoms in total. The van der Waals surface area contributed by atoms with Crippen LogP contribution in [0.1, 0.15) is 31.0 Å². The van der Waals surface area contributed by atoms with Crippen molar-refractivity contribution < 1.29 is 19.0 Å². The number of aromatic nitrogens is 1. The zero-order valence-corrected chi connectivity index (χ0v) is 22.8. The Bertz CT molecular complexity index is 1780. The second kappa shape index (κ2) is 11.1. The molecule has 0 aliphatic carbocycles. The van der Waals surface area contributed by atoms with E-state index in [1.54, 1.807) is 31.6 Å². The van der Waals surface area contributed by atoms with Crippen molar-refractivity contribution in [1.82, 2.24) is 4.57 Å². The van der Waals surface area contributed by atoms with Crippen LogP contribution in [0.15, 0.2) is 94.4 Å². The summed E-state index contributed by atoms with van der Waals surface area (Å²) < 4.78 is 18.7. The number of carbonyl (C=O) groups excluding carboxylic acids is 1. The fourth-order valence-corrected chi connectivity index (χ4v) is 5.77. The summed E-state index contributed by atoms with van der Waals surface area (Å²) in [6.07, 6.45) is 3.51. The van der Waals surface area contributed by atoms with Gasteiger partial charge in [-0.05, 0) is 54.5 Å². The summed E-state index contributed by atoms with van der Waals surface area (Å²) in [7, 11) is 1.61. The third-order valence-electron chi connectivity index (χ3n) is 6.51. The largest absolute Gasteiger partial charge is 0.496 e. The van der Waals surface area contributed by atoms with E-state index >= 15 is 0 Å². The lowest BCUT2D eigenvalue weighted by molar-refractivity contribution is -0.139. The molecule has 1 aliphatic heterocycles. The maximum atomic E-state index is 14.0. The van der Waals surface area contributed by atoms with Crippen molar-refractivity contribution >= 4 is 34.2 Å². The highest BCUT2D eigenvalue weighted by Crippen LogP contribution is 2.32. The van der Waals surface area contributed by atoms with Crippen LogP contribution in [0, 0.1) is 0 Å². The van der Waals surface area contributed by atoms with Crippen molar-refractivity contribution in [1.29, 1.82) is 0 Å². The molecule has 3 aromatic carbocycles. The number of methoxy groups -OCH3 is 1. The Hall–Kier alpha value is -4.43. The summed E-state index contributed by atoms with van der Waals surface area (Å²) in [6, 6.07) is 18.5. The number of esters is 1. The van der Waals surface area contributed by atoms with E-state index in [1.165, 1.54) is 11.3 Å². The van der Waals surface area contributed by atoms with E-state index in [0.717, 1.165) is 21.9 Å². The van der Waals surface area contributed by atoms with Gasteiger partial charge < -0.3 is 14.2 Å². The number of carbonyl (C=O) groups is 1. The summed E-state index contributed by atoms with van der Waals surface area (Å²) in [5, 5.41) is 2.01. The van der Waals surface area contributed by atoms with Crippen molar-refractivity contribution in [3.63, 3.8) is 0 Å². The van der Waals surface area contributed by atoms with Gasteiger partial charge in [0, 0.05) is 5.56 Å². The highest BCUT2D eigenvalue weighted by atomic mass is 32.1. The maximum Gasteiger partial charge on any atom is 0.338 e. The molecule has 0 spiro atoms. The van der Waals surface area contributed by atoms with Gasteiger partial charge in [-0.2, -0.15) is 0 Å². The number of hydrogen-bond acceptors (Lipinski definition) is 7. The van der Waals surface area contributed by atoms with Crippen LogP contribution in [0.25, 0.3) is 16.8 Å². The van der Waals surface area contributed by atoms with E-state index in [-0.39, 0.29) is 12.2 Å². The molecule has 0 unspecified atom stereocenters. The monoisotopic (exact) mass is 540 g/mol. The molecule has 198 valence electrons. The van der Waals surface area contributed by atoms with E-state index in [2.05, 4.69) is 11.6 Å². The molecule has 39 heavy (non-hydrogen) atoms. The molecule has 4 aromatic rings. The molecule has 0 saturated heterocycles. The summed E-state index contributed by atoms with van der Waals surface area (Å²) in [4.78, 5) is 32.3. The van der Waals surface area contributed by atoms with Crippen LogP contribution in [0.3, 0.4) is 0 Å². The van der Waals surface area contributed by atoms with Gasteiger partial charge in [-0.1, -0.05) is 66.5 Å². The topological polar surface area (TPSA) is 79.1 Å². The molecule has 0 fully saturated rings. The SMILES string of the molecule is C=CCOc1ccc([C@H]2C(C(=O)OCC)=C(C)N=c3s/c(=C/c4c(OC)ccc5ccccc45)c(=O)n32)cc1. The minimum Gasteiger partial charge on any atom is -0.496 e. The first kappa shape index (κ1) is 26.2. The molecule has 0 N–H and O–H groups in total. The Labute approximate surface area is 229 Å². The van der Waals surface area contributed by atoms with Gasteiger partial charge in [0.05, 0.1) is 35.6 Å². The summed E-state index contributed by atoms with van der Waals surface area (Å²) >= 11 is 1.28. The fourth-order valence-electron chi connectivity index (χ4n) is 4.74. The summed E-state index contributed by atoms with van der Waals surface area (Å²) in [6.45, 7) is 7.78. The lowest BCUT2D eigenvalue weighted by Gasteiger charge is -2.24. The van der Waals surface area contributed by atoms with E-state index in [1.807, 2.05) is 66.7 Å². The van der Waals surface area contributed by atoms with Crippen LogP contribution >= 0.6 is 11.3 Å². The highest BCUT2D eigenvalue weighted by molar-refractivity contribution is 7.07. The number of ether oxygens (including phenoxy) is 3. The Morgan fingerprint density at radius 3 is 2.62 bits per heavy atom. The van der Waals surface area contributed by atoms with Gasteiger partial charge in [-0.25, -0.2) is 9.79 Å². The predicted molar refractivity (Wildman–Crippen MR) is 153 cm³/mol. The van der Waals surface area contributed by atoms with Crippen molar-refractivity contribution in [2.75, 3.05) is 20.3 Å². The van der Waals surface area contributed by atoms with Crippen molar-refractivity contribution in [3.05, 3.63) is 115 Å². The zero-order chi connectivity index (χ0) is 27.5. The van der Waals surface area contributed by atoms with Gasteiger partial charge in [0.15, 0.2) is 4.80 Å². The molecule has 1 aromatic heterocycles. The summed E-state index contributed by atoms with van der Waals surface area (Å²) in [5.41, 5.74) is 2.15. The van der Waals surface area contributed by atoms with Crippen molar-refractivity contribution in [2.24, 2.45) is 4.99 Å². The number of benzene rings is 3. The van der Waals surface area contributed by atoms with Gasteiger partial charge in [0.1, 0.15) is 18.1 Å². The lowest BCUT2D eigenvalue weighted by Crippen LogP contribution is -2.39. The Morgan fingerprint density at radius 1 is 1.13 bits per heavy atom. The van der Waals surface area contributed by atoms with E-state index in [0.29, 0.717) is 38.7 Å². The molecule has 0 bridgehead atoms. The number of nitrogens with zero attached hydrogens (tertiary/aromatic N) is 2. The standard InChI is InChI=1S/C31H28N2O5S/c1-5-17-38-22-14-11-21(12-15-22)28-27(30(35)37-6-2)19(3)32-31-33(28)29(34)26(39-31)18-24-23-10-8-7-9-20(23)13-16-25(24)36-4/h5,7-16,18,28H,1,6,17H2,2-4H3/b26-18+/t28-/m0/s1.